The highest BCUT2D eigenvalue weighted by Crippen LogP contribution is 2.23. The molecule has 2 aliphatic heterocycles. The van der Waals surface area contributed by atoms with Crippen LogP contribution in [0, 0.1) is 5.92 Å². The number of hydrogen-bond donors (Lipinski definition) is 1. The number of nitrogens with zero attached hydrogens (tertiary/aromatic N) is 2. The van der Waals surface area contributed by atoms with Gasteiger partial charge in [-0.1, -0.05) is 0 Å². The summed E-state index contributed by atoms with van der Waals surface area (Å²) in [6, 6.07) is 0. The minimum atomic E-state index is -0.431. The van der Waals surface area contributed by atoms with Crippen molar-refractivity contribution in [1.29, 1.82) is 0 Å². The fourth-order valence-corrected chi connectivity index (χ4v) is 3.06. The van der Waals surface area contributed by atoms with E-state index in [2.05, 4.69) is 10.2 Å². The van der Waals surface area contributed by atoms with Crippen molar-refractivity contribution < 1.29 is 19.1 Å². The van der Waals surface area contributed by atoms with E-state index >= 15 is 0 Å². The summed E-state index contributed by atoms with van der Waals surface area (Å²) in [5.74, 6) is 0.514. The quantitative estimate of drug-likeness (QED) is 0.810. The van der Waals surface area contributed by atoms with E-state index in [1.165, 1.54) is 0 Å². The van der Waals surface area contributed by atoms with Crippen LogP contribution in [0.3, 0.4) is 0 Å². The molecule has 2 heterocycles. The summed E-state index contributed by atoms with van der Waals surface area (Å²) >= 11 is 0. The molecule has 1 N–H and O–H groups in total. The number of rotatable bonds is 5. The van der Waals surface area contributed by atoms with E-state index in [4.69, 9.17) is 9.47 Å². The predicted octanol–water partition coefficient (Wildman–Crippen LogP) is 1.08. The normalized spacial score (nSPS) is 22.8. The topological polar surface area (TPSA) is 71.1 Å². The van der Waals surface area contributed by atoms with E-state index < -0.39 is 5.60 Å². The first-order valence-electron chi connectivity index (χ1n) is 8.82. The van der Waals surface area contributed by atoms with Gasteiger partial charge in [-0.3, -0.25) is 9.69 Å². The molecule has 2 rings (SSSR count). The molecule has 0 bridgehead atoms. The Morgan fingerprint density at radius 2 is 1.96 bits per heavy atom. The van der Waals surface area contributed by atoms with Crippen LogP contribution in [0.1, 0.15) is 33.6 Å². The van der Waals surface area contributed by atoms with Crippen LogP contribution < -0.4 is 5.32 Å². The van der Waals surface area contributed by atoms with Crippen molar-refractivity contribution >= 4 is 12.0 Å². The Labute approximate surface area is 144 Å². The standard InChI is InChI=1S/C17H31N3O4/c1-17(2,3)24-16(22)20-10-13(11-20)6-5-7-19-8-9-23-14(12-19)15(21)18-4/h13-14H,5-12H2,1-4H3,(H,18,21). The number of carbonyl (C=O) groups excluding carboxylic acids is 2. The Morgan fingerprint density at radius 1 is 1.25 bits per heavy atom. The van der Waals surface area contributed by atoms with Crippen LogP contribution in [0.25, 0.3) is 0 Å². The monoisotopic (exact) mass is 341 g/mol. The number of nitrogens with one attached hydrogen (secondary N) is 1. The van der Waals surface area contributed by atoms with Crippen LogP contribution in [-0.4, -0.2) is 79.9 Å². The molecule has 0 radical (unpaired) electrons. The number of likely N-dealkylation sites (N-methyl/N-ethyl adjacent to an activating group) is 1. The SMILES string of the molecule is CNC(=O)C1CN(CCCC2CN(C(=O)OC(C)(C)C)C2)CCO1. The zero-order chi connectivity index (χ0) is 17.7. The van der Waals surface area contributed by atoms with Gasteiger partial charge in [0.15, 0.2) is 0 Å². The number of ether oxygens (including phenoxy) is 2. The molecule has 7 heteroatoms. The lowest BCUT2D eigenvalue weighted by Gasteiger charge is -2.40. The molecule has 7 nitrogen and oxygen atoms in total. The maximum atomic E-state index is 11.9. The van der Waals surface area contributed by atoms with Gasteiger partial charge in [-0.25, -0.2) is 4.79 Å². The van der Waals surface area contributed by atoms with E-state index in [1.54, 1.807) is 11.9 Å². The van der Waals surface area contributed by atoms with Crippen molar-refractivity contribution in [2.75, 3.05) is 46.4 Å². The number of hydrogen-bond acceptors (Lipinski definition) is 5. The molecule has 24 heavy (non-hydrogen) atoms. The van der Waals surface area contributed by atoms with Gasteiger partial charge in [0.1, 0.15) is 11.7 Å². The lowest BCUT2D eigenvalue weighted by molar-refractivity contribution is -0.138. The third-order valence-electron chi connectivity index (χ3n) is 4.38. The summed E-state index contributed by atoms with van der Waals surface area (Å²) < 4.78 is 10.9. The summed E-state index contributed by atoms with van der Waals surface area (Å²) in [5, 5.41) is 2.64. The van der Waals surface area contributed by atoms with E-state index in [1.807, 2.05) is 20.8 Å². The molecule has 2 saturated heterocycles. The molecule has 2 amide bonds. The number of amides is 2. The van der Waals surface area contributed by atoms with E-state index in [0.717, 1.165) is 39.0 Å². The number of carbonyl (C=O) groups is 2. The summed E-state index contributed by atoms with van der Waals surface area (Å²) in [6.45, 7) is 10.4. The molecule has 138 valence electrons. The molecule has 0 aliphatic carbocycles. The first-order chi connectivity index (χ1) is 11.3. The summed E-state index contributed by atoms with van der Waals surface area (Å²) in [7, 11) is 1.64. The lowest BCUT2D eigenvalue weighted by Crippen LogP contribution is -2.52. The van der Waals surface area contributed by atoms with E-state index in [-0.39, 0.29) is 18.1 Å². The molecule has 1 atom stereocenters. The molecule has 0 spiro atoms. The van der Waals surface area contributed by atoms with Gasteiger partial charge in [-0.05, 0) is 46.1 Å². The molecule has 1 unspecified atom stereocenters. The fourth-order valence-electron chi connectivity index (χ4n) is 3.06. The summed E-state index contributed by atoms with van der Waals surface area (Å²) in [5.41, 5.74) is -0.431. The second-order valence-corrected chi connectivity index (χ2v) is 7.67. The maximum Gasteiger partial charge on any atom is 0.410 e. The summed E-state index contributed by atoms with van der Waals surface area (Å²) in [4.78, 5) is 27.6. The van der Waals surface area contributed by atoms with Gasteiger partial charge in [0.05, 0.1) is 6.61 Å². The van der Waals surface area contributed by atoms with Crippen molar-refractivity contribution in [3.8, 4) is 0 Å². The predicted molar refractivity (Wildman–Crippen MR) is 90.8 cm³/mol. The van der Waals surface area contributed by atoms with Crippen LogP contribution in [0.4, 0.5) is 4.79 Å². The Hall–Kier alpha value is -1.34. The first-order valence-corrected chi connectivity index (χ1v) is 8.82. The van der Waals surface area contributed by atoms with Crippen molar-refractivity contribution in [2.24, 2.45) is 5.92 Å². The van der Waals surface area contributed by atoms with Gasteiger partial charge in [-0.2, -0.15) is 0 Å². The summed E-state index contributed by atoms with van der Waals surface area (Å²) in [6.07, 6.45) is 1.62. The molecule has 2 fully saturated rings. The lowest BCUT2D eigenvalue weighted by atomic mass is 9.95. The van der Waals surface area contributed by atoms with Gasteiger partial charge in [0.2, 0.25) is 5.91 Å². The highest BCUT2D eigenvalue weighted by molar-refractivity contribution is 5.80. The van der Waals surface area contributed by atoms with Crippen LogP contribution in [-0.2, 0) is 14.3 Å². The van der Waals surface area contributed by atoms with Crippen molar-refractivity contribution in [1.82, 2.24) is 15.1 Å². The molecule has 0 aromatic rings. The molecule has 0 saturated carbocycles. The van der Waals surface area contributed by atoms with Gasteiger partial charge in [0, 0.05) is 33.2 Å². The second kappa shape index (κ2) is 8.16. The highest BCUT2D eigenvalue weighted by atomic mass is 16.6. The third kappa shape index (κ3) is 5.63. The highest BCUT2D eigenvalue weighted by Gasteiger charge is 2.33. The van der Waals surface area contributed by atoms with Crippen LogP contribution in [0.15, 0.2) is 0 Å². The number of likely N-dealkylation sites (tertiary alicyclic amines) is 1. The van der Waals surface area contributed by atoms with Crippen molar-refractivity contribution in [3.05, 3.63) is 0 Å². The Kier molecular flexibility index (Phi) is 6.46. The Morgan fingerprint density at radius 3 is 2.58 bits per heavy atom. The second-order valence-electron chi connectivity index (χ2n) is 7.67. The molecule has 0 aromatic carbocycles. The Bertz CT molecular complexity index is 444. The number of morpholine rings is 1. The molecule has 2 aliphatic rings. The molecular weight excluding hydrogens is 310 g/mol. The van der Waals surface area contributed by atoms with E-state index in [0.29, 0.717) is 19.1 Å². The zero-order valence-corrected chi connectivity index (χ0v) is 15.3. The maximum absolute atomic E-state index is 11.9. The Balaban J connectivity index is 1.59. The van der Waals surface area contributed by atoms with Gasteiger partial charge >= 0.3 is 6.09 Å². The minimum Gasteiger partial charge on any atom is -0.444 e. The fraction of sp³-hybridized carbons (Fsp3) is 0.882. The van der Waals surface area contributed by atoms with Gasteiger partial charge in [0.25, 0.3) is 0 Å². The first kappa shape index (κ1) is 19.0. The van der Waals surface area contributed by atoms with Crippen molar-refractivity contribution in [2.45, 2.75) is 45.3 Å². The van der Waals surface area contributed by atoms with Crippen LogP contribution in [0.2, 0.25) is 0 Å². The molecule has 0 aromatic heterocycles. The van der Waals surface area contributed by atoms with Crippen LogP contribution in [0.5, 0.6) is 0 Å². The largest absolute Gasteiger partial charge is 0.444 e. The van der Waals surface area contributed by atoms with Gasteiger partial charge in [-0.15, -0.1) is 0 Å². The average Bonchev–Trinajstić information content (AvgIpc) is 2.47. The van der Waals surface area contributed by atoms with E-state index in [9.17, 15) is 9.59 Å². The van der Waals surface area contributed by atoms with Crippen LogP contribution >= 0.6 is 0 Å². The zero-order valence-electron chi connectivity index (χ0n) is 15.3. The molecular formula is C17H31N3O4. The minimum absolute atomic E-state index is 0.0494. The van der Waals surface area contributed by atoms with Gasteiger partial charge < -0.3 is 19.7 Å². The van der Waals surface area contributed by atoms with Crippen molar-refractivity contribution in [3.63, 3.8) is 0 Å². The average molecular weight is 341 g/mol. The smallest absolute Gasteiger partial charge is 0.410 e. The third-order valence-corrected chi connectivity index (χ3v) is 4.38.